The molecule has 4 nitrogen and oxygen atoms in total. The van der Waals surface area contributed by atoms with Gasteiger partial charge in [-0.1, -0.05) is 74.5 Å². The molecule has 0 radical (unpaired) electrons. The van der Waals surface area contributed by atoms with Gasteiger partial charge in [-0.05, 0) is 35.4 Å². The van der Waals surface area contributed by atoms with Crippen molar-refractivity contribution in [2.75, 3.05) is 12.4 Å². The highest BCUT2D eigenvalue weighted by Crippen LogP contribution is 2.28. The average Bonchev–Trinajstić information content (AvgIpc) is 3.31. The van der Waals surface area contributed by atoms with Gasteiger partial charge in [0, 0.05) is 24.8 Å². The van der Waals surface area contributed by atoms with Gasteiger partial charge in [-0.25, -0.2) is 0 Å². The number of hydrogen-bond donors (Lipinski definition) is 4. The highest BCUT2D eigenvalue weighted by Gasteiger charge is 2.10. The zero-order valence-electron chi connectivity index (χ0n) is 16.5. The summed E-state index contributed by atoms with van der Waals surface area (Å²) < 4.78 is 0. The fourth-order valence-electron chi connectivity index (χ4n) is 3.00. The summed E-state index contributed by atoms with van der Waals surface area (Å²) in [6.45, 7) is 4.44. The maximum atomic E-state index is 8.97. The number of benzene rings is 2. The van der Waals surface area contributed by atoms with Crippen LogP contribution in [-0.2, 0) is 6.54 Å². The molecule has 150 valence electrons. The summed E-state index contributed by atoms with van der Waals surface area (Å²) in [5.41, 5.74) is 9.57. The molecule has 2 aromatic rings. The van der Waals surface area contributed by atoms with E-state index in [9.17, 15) is 0 Å². The minimum absolute atomic E-state index is 0.0962. The Morgan fingerprint density at radius 1 is 1.11 bits per heavy atom. The molecule has 1 fully saturated rings. The van der Waals surface area contributed by atoms with Crippen molar-refractivity contribution in [1.29, 1.82) is 0 Å². The maximum absolute atomic E-state index is 8.97. The lowest BCUT2D eigenvalue weighted by molar-refractivity contribution is 0.475. The number of allylic oxidation sites excluding steroid dienone is 2. The predicted octanol–water partition coefficient (Wildman–Crippen LogP) is 5.64. The Kier molecular flexibility index (Phi) is 8.92. The van der Waals surface area contributed by atoms with Crippen molar-refractivity contribution in [3.8, 4) is 5.75 Å². The largest absolute Gasteiger partial charge is 0.506 e. The minimum Gasteiger partial charge on any atom is -0.506 e. The minimum atomic E-state index is 0.0962. The molecule has 0 saturated heterocycles. The first-order valence-electron chi connectivity index (χ1n) is 9.67. The first-order chi connectivity index (χ1) is 13.5. The van der Waals surface area contributed by atoms with Crippen molar-refractivity contribution >= 4 is 22.9 Å². The number of nitrogens with two attached hydrogens (primary N) is 1. The zero-order chi connectivity index (χ0) is 20.4. The van der Waals surface area contributed by atoms with Crippen LogP contribution in [0.15, 0.2) is 60.9 Å². The normalized spacial score (nSPS) is 14.4. The van der Waals surface area contributed by atoms with Gasteiger partial charge >= 0.3 is 0 Å². The van der Waals surface area contributed by atoms with Gasteiger partial charge in [0.2, 0.25) is 0 Å². The van der Waals surface area contributed by atoms with E-state index in [2.05, 4.69) is 23.3 Å². The Morgan fingerprint density at radius 3 is 2.32 bits per heavy atom. The first kappa shape index (κ1) is 21.9. The molecule has 4 rings (SSSR count). The molecule has 1 saturated carbocycles. The molecular weight excluding hydrogens is 370 g/mol. The van der Waals surface area contributed by atoms with E-state index in [1.807, 2.05) is 31.3 Å². The Bertz CT molecular complexity index is 806. The number of phenolic OH excluding ortho intramolecular Hbond substituents is 1. The van der Waals surface area contributed by atoms with Gasteiger partial charge in [0.05, 0.1) is 5.02 Å². The van der Waals surface area contributed by atoms with Crippen molar-refractivity contribution < 1.29 is 5.11 Å². The molecule has 1 aliphatic heterocycles. The lowest BCUT2D eigenvalue weighted by atomic mass is 10.0. The Balaban J connectivity index is 0.000000165. The summed E-state index contributed by atoms with van der Waals surface area (Å²) in [5.74, 6) is 1.09. The lowest BCUT2D eigenvalue weighted by Gasteiger charge is -2.20. The van der Waals surface area contributed by atoms with Crippen LogP contribution >= 0.6 is 11.6 Å². The molecule has 2 aromatic carbocycles. The van der Waals surface area contributed by atoms with Crippen molar-refractivity contribution in [2.45, 2.75) is 38.6 Å². The molecular formula is C23H30ClN3O. The van der Waals surface area contributed by atoms with Crippen LogP contribution in [0.4, 0.5) is 5.69 Å². The van der Waals surface area contributed by atoms with Crippen molar-refractivity contribution in [3.05, 3.63) is 77.1 Å². The van der Waals surface area contributed by atoms with Crippen LogP contribution in [0.25, 0.3) is 5.57 Å². The second-order valence-electron chi connectivity index (χ2n) is 6.76. The van der Waals surface area contributed by atoms with Gasteiger partial charge < -0.3 is 21.5 Å². The summed E-state index contributed by atoms with van der Waals surface area (Å²) in [4.78, 5) is 0. The molecule has 0 amide bonds. The van der Waals surface area contributed by atoms with E-state index in [-0.39, 0.29) is 5.75 Å². The molecule has 2 aliphatic rings. The van der Waals surface area contributed by atoms with Gasteiger partial charge in [0.15, 0.2) is 0 Å². The molecule has 28 heavy (non-hydrogen) atoms. The van der Waals surface area contributed by atoms with Crippen LogP contribution in [-0.4, -0.2) is 12.2 Å². The number of para-hydroxylation sites is 1. The number of halogens is 1. The number of fused-ring (bicyclic) bond motifs is 1. The van der Waals surface area contributed by atoms with E-state index in [1.165, 1.54) is 43.7 Å². The van der Waals surface area contributed by atoms with Gasteiger partial charge in [-0.15, -0.1) is 0 Å². The zero-order valence-corrected chi connectivity index (χ0v) is 17.2. The molecule has 0 spiro atoms. The molecule has 0 unspecified atom stereocenters. The average molecular weight is 400 g/mol. The van der Waals surface area contributed by atoms with Crippen LogP contribution in [0.2, 0.25) is 5.02 Å². The highest BCUT2D eigenvalue weighted by molar-refractivity contribution is 6.32. The Morgan fingerprint density at radius 2 is 1.75 bits per heavy atom. The molecule has 1 aliphatic carbocycles. The third kappa shape index (κ3) is 6.63. The maximum Gasteiger partial charge on any atom is 0.134 e. The Labute approximate surface area is 173 Å². The SMILES string of the molecule is C1CCCC1.C=C1C=C(NC)Nc2ccccc21.NCc1ccc(O)c(Cl)c1. The Hall–Kier alpha value is -2.43. The topological polar surface area (TPSA) is 70.3 Å². The van der Waals surface area contributed by atoms with E-state index >= 15 is 0 Å². The van der Waals surface area contributed by atoms with Crippen LogP contribution in [0.1, 0.15) is 43.2 Å². The van der Waals surface area contributed by atoms with Crippen molar-refractivity contribution in [3.63, 3.8) is 0 Å². The van der Waals surface area contributed by atoms with Gasteiger partial charge in [0.25, 0.3) is 0 Å². The van der Waals surface area contributed by atoms with E-state index in [1.54, 1.807) is 12.1 Å². The van der Waals surface area contributed by atoms with Crippen LogP contribution in [0.3, 0.4) is 0 Å². The third-order valence-corrected chi connectivity index (χ3v) is 4.93. The predicted molar refractivity (Wildman–Crippen MR) is 120 cm³/mol. The molecule has 0 bridgehead atoms. The number of hydrogen-bond acceptors (Lipinski definition) is 4. The van der Waals surface area contributed by atoms with Crippen LogP contribution < -0.4 is 16.4 Å². The standard InChI is InChI=1S/C11H12N2.C7H8ClNO.C5H10/c1-8-7-11(12-2)13-10-6-4-3-5-9(8)10;8-6-3-5(4-9)1-2-7(6)10;1-2-4-5-3-1/h3-7,12-13H,1H2,2H3;1-3,10H,4,9H2;1-5H2. The summed E-state index contributed by atoms with van der Waals surface area (Å²) in [6.07, 6.45) is 9.50. The van der Waals surface area contributed by atoms with Gasteiger partial charge in [-0.3, -0.25) is 0 Å². The fraction of sp³-hybridized carbons (Fsp3) is 0.304. The molecule has 1 heterocycles. The summed E-state index contributed by atoms with van der Waals surface area (Å²) in [5, 5.41) is 15.6. The number of aromatic hydroxyl groups is 1. The van der Waals surface area contributed by atoms with Crippen LogP contribution in [0.5, 0.6) is 5.75 Å². The van der Waals surface area contributed by atoms with Crippen molar-refractivity contribution in [1.82, 2.24) is 5.32 Å². The first-order valence-corrected chi connectivity index (χ1v) is 10.0. The number of rotatable bonds is 2. The third-order valence-electron chi connectivity index (χ3n) is 4.63. The molecule has 5 N–H and O–H groups in total. The van der Waals surface area contributed by atoms with E-state index in [0.717, 1.165) is 22.6 Å². The number of anilines is 1. The summed E-state index contributed by atoms with van der Waals surface area (Å²) >= 11 is 5.59. The summed E-state index contributed by atoms with van der Waals surface area (Å²) in [7, 11) is 1.89. The number of nitrogens with one attached hydrogen (secondary N) is 2. The van der Waals surface area contributed by atoms with E-state index < -0.39 is 0 Å². The van der Waals surface area contributed by atoms with Gasteiger partial charge in [-0.2, -0.15) is 0 Å². The smallest absolute Gasteiger partial charge is 0.134 e. The monoisotopic (exact) mass is 399 g/mol. The fourth-order valence-corrected chi connectivity index (χ4v) is 3.20. The molecule has 5 heteroatoms. The summed E-state index contributed by atoms with van der Waals surface area (Å²) in [6, 6.07) is 13.1. The van der Waals surface area contributed by atoms with Gasteiger partial charge in [0.1, 0.15) is 11.6 Å². The number of phenols is 1. The van der Waals surface area contributed by atoms with E-state index in [4.69, 9.17) is 22.4 Å². The van der Waals surface area contributed by atoms with Crippen LogP contribution in [0, 0.1) is 0 Å². The van der Waals surface area contributed by atoms with Crippen molar-refractivity contribution in [2.24, 2.45) is 5.73 Å². The quantitative estimate of drug-likeness (QED) is 0.527. The van der Waals surface area contributed by atoms with E-state index in [0.29, 0.717) is 11.6 Å². The second kappa shape index (κ2) is 11.4. The lowest BCUT2D eigenvalue weighted by Crippen LogP contribution is -2.18. The molecule has 0 atom stereocenters. The highest BCUT2D eigenvalue weighted by atomic mass is 35.5. The molecule has 0 aromatic heterocycles. The second-order valence-corrected chi connectivity index (χ2v) is 7.17.